The summed E-state index contributed by atoms with van der Waals surface area (Å²) in [6.45, 7) is 0. The van der Waals surface area contributed by atoms with E-state index in [9.17, 15) is 0 Å². The molecular weight excluding hydrogens is 176 g/mol. The second-order valence-electron chi connectivity index (χ2n) is 0.448. The molecule has 0 spiro atoms. The number of hydrogen-bond acceptors (Lipinski definition) is 4. The van der Waals surface area contributed by atoms with Crippen LogP contribution in [0.3, 0.4) is 0 Å². The fourth-order valence-corrected chi connectivity index (χ4v) is 0. The van der Waals surface area contributed by atoms with Crippen molar-refractivity contribution in [3.63, 3.8) is 0 Å². The van der Waals surface area contributed by atoms with Crippen LogP contribution in [0.2, 0.25) is 0 Å². The van der Waals surface area contributed by atoms with E-state index >= 15 is 0 Å². The highest BCUT2D eigenvalue weighted by Crippen LogP contribution is 1.62. The first-order chi connectivity index (χ1) is 2.00. The maximum Gasteiger partial charge on any atom is 0.263 e. The molecule has 0 amide bonds. The summed E-state index contributed by atoms with van der Waals surface area (Å²) in [5.74, 6) is 0. The monoisotopic (exact) mass is 184 g/mol. The van der Waals surface area contributed by atoms with E-state index in [1.54, 1.807) is 0 Å². The van der Waals surface area contributed by atoms with Gasteiger partial charge in [-0.1, -0.05) is 0 Å². The van der Waals surface area contributed by atoms with Crippen molar-refractivity contribution in [2.24, 2.45) is 0 Å². The van der Waals surface area contributed by atoms with Crippen molar-refractivity contribution in [2.75, 3.05) is 0 Å². The summed E-state index contributed by atoms with van der Waals surface area (Å²) in [4.78, 5) is 0. The largest absolute Gasteiger partial charge is 0.344 e. The molecule has 56 valence electrons. The Kier molecular flexibility index (Phi) is 22.1. The van der Waals surface area contributed by atoms with E-state index in [0.717, 1.165) is 0 Å². The molecule has 0 rings (SSSR count). The number of halogens is 1. The Balaban J connectivity index is -0.0000000267. The molecule has 0 saturated heterocycles. The molecule has 0 aliphatic heterocycles. The molecule has 0 aliphatic rings. The average Bonchev–Trinajstić information content (AvgIpc) is 0.722. The van der Waals surface area contributed by atoms with Gasteiger partial charge >= 0.3 is 0 Å². The van der Waals surface area contributed by atoms with Gasteiger partial charge in [-0.3, -0.25) is 9.11 Å². The van der Waals surface area contributed by atoms with E-state index in [1.165, 1.54) is 0 Å². The lowest BCUT2D eigenvalue weighted by molar-refractivity contribution is 0.450. The SMILES string of the molecule is Cl.N.N.O=S(O)(O)=S. The molecule has 8 heavy (non-hydrogen) atoms. The molecule has 0 bridgehead atoms. The molecule has 0 saturated carbocycles. The van der Waals surface area contributed by atoms with Gasteiger partial charge in [-0.25, -0.2) is 0 Å². The third-order valence-electron chi connectivity index (χ3n) is 0. The second-order valence-corrected chi connectivity index (χ2v) is 2.65. The molecule has 0 heterocycles. The molecule has 0 radical (unpaired) electrons. The van der Waals surface area contributed by atoms with E-state index < -0.39 is 9.05 Å². The standard InChI is InChI=1S/ClH.2H3N.H2O3S2/c;;;1-5(2,3)4/h1H;2*1H3;(H2,1,2,3,4). The van der Waals surface area contributed by atoms with E-state index in [0.29, 0.717) is 0 Å². The summed E-state index contributed by atoms with van der Waals surface area (Å²) in [6, 6.07) is 0. The predicted molar refractivity (Wildman–Crippen MR) is 38.1 cm³/mol. The first-order valence-corrected chi connectivity index (χ1v) is 3.10. The lowest BCUT2D eigenvalue weighted by atomic mass is 14.0. The smallest absolute Gasteiger partial charge is 0.263 e. The number of hydrogen-bond donors (Lipinski definition) is 4. The molecule has 8 N–H and O–H groups in total. The fraction of sp³-hybridized carbons (Fsp3) is 0. The van der Waals surface area contributed by atoms with Gasteiger partial charge in [0.15, 0.2) is 0 Å². The van der Waals surface area contributed by atoms with Crippen LogP contribution in [0.1, 0.15) is 0 Å². The van der Waals surface area contributed by atoms with Crippen LogP contribution in [-0.2, 0) is 20.2 Å². The van der Waals surface area contributed by atoms with Crippen LogP contribution < -0.4 is 12.3 Å². The molecule has 0 aromatic carbocycles. The van der Waals surface area contributed by atoms with Crippen molar-refractivity contribution >= 4 is 32.6 Å². The van der Waals surface area contributed by atoms with Gasteiger partial charge in [-0.05, 0) is 0 Å². The Hall–Kier alpha value is 0.500. The molecule has 0 aromatic rings. The minimum absolute atomic E-state index is 0. The molecule has 0 unspecified atom stereocenters. The van der Waals surface area contributed by atoms with Crippen LogP contribution in [-0.4, -0.2) is 13.3 Å². The first-order valence-electron chi connectivity index (χ1n) is 0.698. The highest BCUT2D eigenvalue weighted by molar-refractivity contribution is 8.26. The summed E-state index contributed by atoms with van der Waals surface area (Å²) >= 11 is 3.47. The first kappa shape index (κ1) is 23.6. The Morgan fingerprint density at radius 2 is 1.25 bits per heavy atom. The second kappa shape index (κ2) is 7.50. The van der Waals surface area contributed by atoms with Crippen LogP contribution in [0.15, 0.2) is 0 Å². The van der Waals surface area contributed by atoms with Gasteiger partial charge in [0, 0.05) is 11.2 Å². The molecule has 0 aliphatic carbocycles. The van der Waals surface area contributed by atoms with Crippen molar-refractivity contribution in [2.45, 2.75) is 0 Å². The van der Waals surface area contributed by atoms with Crippen LogP contribution in [0.25, 0.3) is 0 Å². The highest BCUT2D eigenvalue weighted by Gasteiger charge is 1.78. The van der Waals surface area contributed by atoms with Crippen LogP contribution in [0, 0.1) is 0 Å². The van der Waals surface area contributed by atoms with Crippen molar-refractivity contribution < 1.29 is 13.3 Å². The van der Waals surface area contributed by atoms with Crippen LogP contribution in [0.5, 0.6) is 0 Å². The Morgan fingerprint density at radius 1 is 1.25 bits per heavy atom. The van der Waals surface area contributed by atoms with Crippen molar-refractivity contribution in [3.8, 4) is 0 Å². The third-order valence-corrected chi connectivity index (χ3v) is 0. The Labute approximate surface area is 58.8 Å². The summed E-state index contributed by atoms with van der Waals surface area (Å²) < 4.78 is 24.0. The lowest BCUT2D eigenvalue weighted by Crippen LogP contribution is -1.86. The van der Waals surface area contributed by atoms with Gasteiger partial charge in [-0.2, -0.15) is 4.21 Å². The van der Waals surface area contributed by atoms with Crippen molar-refractivity contribution in [1.29, 1.82) is 0 Å². The van der Waals surface area contributed by atoms with Crippen molar-refractivity contribution in [3.05, 3.63) is 0 Å². The quantitative estimate of drug-likeness (QED) is 0.432. The van der Waals surface area contributed by atoms with Crippen LogP contribution >= 0.6 is 12.4 Å². The molecule has 0 atom stereocenters. The van der Waals surface area contributed by atoms with E-state index in [2.05, 4.69) is 11.2 Å². The number of rotatable bonds is 0. The summed E-state index contributed by atoms with van der Waals surface area (Å²) in [7, 11) is -3.83. The maximum atomic E-state index is 9.11. The van der Waals surface area contributed by atoms with E-state index in [-0.39, 0.29) is 24.7 Å². The van der Waals surface area contributed by atoms with Gasteiger partial charge in [-0.15, -0.1) is 12.4 Å². The zero-order valence-corrected chi connectivity index (χ0v) is 6.39. The van der Waals surface area contributed by atoms with Gasteiger partial charge in [0.25, 0.3) is 9.05 Å². The highest BCUT2D eigenvalue weighted by atomic mass is 35.5. The minimum Gasteiger partial charge on any atom is -0.344 e. The zero-order chi connectivity index (χ0) is 4.50. The third kappa shape index (κ3) is 786. The molecule has 0 aromatic heterocycles. The summed E-state index contributed by atoms with van der Waals surface area (Å²) in [6.07, 6.45) is 0. The topological polar surface area (TPSA) is 128 Å². The average molecular weight is 185 g/mol. The normalized spacial score (nSPS) is 7.25. The summed E-state index contributed by atoms with van der Waals surface area (Å²) in [5, 5.41) is 0. The van der Waals surface area contributed by atoms with Gasteiger partial charge < -0.3 is 12.3 Å². The van der Waals surface area contributed by atoms with Gasteiger partial charge in [0.05, 0.1) is 0 Å². The fourth-order valence-electron chi connectivity index (χ4n) is 0. The molecule has 5 nitrogen and oxygen atoms in total. The van der Waals surface area contributed by atoms with Gasteiger partial charge in [0.1, 0.15) is 0 Å². The summed E-state index contributed by atoms with van der Waals surface area (Å²) in [5.41, 5.74) is 0. The Bertz CT molecular complexity index is 98.5. The lowest BCUT2D eigenvalue weighted by Gasteiger charge is -1.73. The maximum absolute atomic E-state index is 9.11. The predicted octanol–water partition coefficient (Wildman–Crippen LogP) is 0.424. The molecule has 0 fully saturated rings. The minimum atomic E-state index is -3.83. The molecular formula is H9ClN2O3S2. The van der Waals surface area contributed by atoms with E-state index in [1.807, 2.05) is 0 Å². The molecule has 8 heteroatoms. The van der Waals surface area contributed by atoms with Gasteiger partial charge in [0.2, 0.25) is 0 Å². The van der Waals surface area contributed by atoms with Crippen LogP contribution in [0.4, 0.5) is 0 Å². The van der Waals surface area contributed by atoms with E-state index in [4.69, 9.17) is 13.3 Å². The van der Waals surface area contributed by atoms with Crippen molar-refractivity contribution in [1.82, 2.24) is 12.3 Å². The zero-order valence-electron chi connectivity index (χ0n) is 3.94. The Morgan fingerprint density at radius 3 is 1.25 bits per heavy atom.